The third kappa shape index (κ3) is 3.64. The monoisotopic (exact) mass is 323 g/mol. The molecule has 5 heteroatoms. The SMILES string of the molecule is COc1cccc(C2(O)CCCN(Cc3ccco3)C2)c1.Cl. The fraction of sp³-hybridized carbons (Fsp3) is 0.412. The molecule has 4 nitrogen and oxygen atoms in total. The van der Waals surface area contributed by atoms with Gasteiger partial charge < -0.3 is 14.3 Å². The molecule has 1 aliphatic rings. The van der Waals surface area contributed by atoms with E-state index in [1.54, 1.807) is 13.4 Å². The molecule has 22 heavy (non-hydrogen) atoms. The van der Waals surface area contributed by atoms with Gasteiger partial charge in [-0.15, -0.1) is 12.4 Å². The van der Waals surface area contributed by atoms with Gasteiger partial charge in [0.2, 0.25) is 0 Å². The summed E-state index contributed by atoms with van der Waals surface area (Å²) in [7, 11) is 1.65. The molecule has 120 valence electrons. The summed E-state index contributed by atoms with van der Waals surface area (Å²) >= 11 is 0. The predicted molar refractivity (Wildman–Crippen MR) is 87.4 cm³/mol. The van der Waals surface area contributed by atoms with Crippen LogP contribution in [-0.2, 0) is 12.1 Å². The first kappa shape index (κ1) is 16.9. The molecule has 0 bridgehead atoms. The molecule has 0 radical (unpaired) electrons. The van der Waals surface area contributed by atoms with Crippen molar-refractivity contribution in [1.82, 2.24) is 4.90 Å². The minimum Gasteiger partial charge on any atom is -0.497 e. The van der Waals surface area contributed by atoms with Gasteiger partial charge in [-0.2, -0.15) is 0 Å². The highest BCUT2D eigenvalue weighted by Crippen LogP contribution is 2.33. The molecule has 0 saturated carbocycles. The maximum Gasteiger partial charge on any atom is 0.119 e. The van der Waals surface area contributed by atoms with E-state index in [0.29, 0.717) is 6.54 Å². The molecule has 2 aromatic rings. The Morgan fingerprint density at radius 1 is 1.32 bits per heavy atom. The van der Waals surface area contributed by atoms with E-state index in [1.165, 1.54) is 0 Å². The smallest absolute Gasteiger partial charge is 0.119 e. The average molecular weight is 324 g/mol. The second-order valence-electron chi connectivity index (χ2n) is 5.66. The van der Waals surface area contributed by atoms with Crippen molar-refractivity contribution in [2.45, 2.75) is 25.0 Å². The molecule has 0 spiro atoms. The fourth-order valence-electron chi connectivity index (χ4n) is 3.03. The van der Waals surface area contributed by atoms with Crippen LogP contribution in [0.4, 0.5) is 0 Å². The first-order valence-corrected chi connectivity index (χ1v) is 7.31. The number of rotatable bonds is 4. The van der Waals surface area contributed by atoms with Crippen molar-refractivity contribution >= 4 is 12.4 Å². The summed E-state index contributed by atoms with van der Waals surface area (Å²) in [5.41, 5.74) is 0.102. The molecule has 1 atom stereocenters. The second-order valence-corrected chi connectivity index (χ2v) is 5.66. The topological polar surface area (TPSA) is 45.8 Å². The van der Waals surface area contributed by atoms with Gasteiger partial charge in [0.05, 0.1) is 19.9 Å². The van der Waals surface area contributed by atoms with Gasteiger partial charge in [-0.3, -0.25) is 4.90 Å². The quantitative estimate of drug-likeness (QED) is 0.938. The summed E-state index contributed by atoms with van der Waals surface area (Å²) in [5, 5.41) is 11.0. The molecule has 1 aliphatic heterocycles. The maximum atomic E-state index is 11.0. The van der Waals surface area contributed by atoms with Crippen molar-refractivity contribution in [3.05, 3.63) is 54.0 Å². The van der Waals surface area contributed by atoms with Crippen molar-refractivity contribution in [3.8, 4) is 5.75 Å². The number of β-amino-alcohol motifs (C(OH)–C–C–N with tert-alkyl or cyclic N) is 1. The van der Waals surface area contributed by atoms with Crippen LogP contribution in [0.15, 0.2) is 47.1 Å². The minimum absolute atomic E-state index is 0. The van der Waals surface area contributed by atoms with E-state index in [4.69, 9.17) is 9.15 Å². The lowest BCUT2D eigenvalue weighted by Crippen LogP contribution is -2.45. The Balaban J connectivity index is 0.00000176. The van der Waals surface area contributed by atoms with E-state index in [0.717, 1.165) is 43.0 Å². The summed E-state index contributed by atoms with van der Waals surface area (Å²) in [5.74, 6) is 1.72. The van der Waals surface area contributed by atoms with E-state index in [1.807, 2.05) is 36.4 Å². The van der Waals surface area contributed by atoms with E-state index < -0.39 is 5.60 Å². The van der Waals surface area contributed by atoms with Crippen LogP contribution in [-0.4, -0.2) is 30.2 Å². The summed E-state index contributed by atoms with van der Waals surface area (Å²) < 4.78 is 10.7. The van der Waals surface area contributed by atoms with E-state index >= 15 is 0 Å². The highest BCUT2D eigenvalue weighted by molar-refractivity contribution is 5.85. The van der Waals surface area contributed by atoms with Crippen LogP contribution >= 0.6 is 12.4 Å². The Hall–Kier alpha value is -1.49. The molecular formula is C17H22ClNO3. The number of likely N-dealkylation sites (tertiary alicyclic amines) is 1. The Kier molecular flexibility index (Phi) is 5.51. The Morgan fingerprint density at radius 2 is 2.18 bits per heavy atom. The molecule has 1 saturated heterocycles. The summed E-state index contributed by atoms with van der Waals surface area (Å²) in [4.78, 5) is 2.24. The molecule has 1 N–H and O–H groups in total. The largest absolute Gasteiger partial charge is 0.497 e. The van der Waals surface area contributed by atoms with Crippen LogP contribution in [0.2, 0.25) is 0 Å². The third-order valence-corrected chi connectivity index (χ3v) is 4.12. The summed E-state index contributed by atoms with van der Waals surface area (Å²) in [6, 6.07) is 11.6. The standard InChI is InChI=1S/C17H21NO3.ClH/c1-20-15-6-2-5-14(11-15)17(19)8-4-9-18(13-17)12-16-7-3-10-21-16;/h2-3,5-7,10-11,19H,4,8-9,12-13H2,1H3;1H. The fourth-order valence-corrected chi connectivity index (χ4v) is 3.03. The molecule has 1 unspecified atom stereocenters. The van der Waals surface area contributed by atoms with Crippen molar-refractivity contribution in [3.63, 3.8) is 0 Å². The van der Waals surface area contributed by atoms with Gasteiger partial charge in [0.25, 0.3) is 0 Å². The van der Waals surface area contributed by atoms with Gasteiger partial charge >= 0.3 is 0 Å². The van der Waals surface area contributed by atoms with E-state index in [9.17, 15) is 5.11 Å². The van der Waals surface area contributed by atoms with Crippen LogP contribution in [0.1, 0.15) is 24.2 Å². The van der Waals surface area contributed by atoms with Crippen molar-refractivity contribution in [2.24, 2.45) is 0 Å². The van der Waals surface area contributed by atoms with Gasteiger partial charge in [0.15, 0.2) is 0 Å². The molecule has 1 aromatic carbocycles. The van der Waals surface area contributed by atoms with Crippen molar-refractivity contribution in [1.29, 1.82) is 0 Å². The first-order valence-electron chi connectivity index (χ1n) is 7.31. The van der Waals surface area contributed by atoms with Crippen LogP contribution in [0.3, 0.4) is 0 Å². The molecule has 2 heterocycles. The zero-order valence-corrected chi connectivity index (χ0v) is 13.5. The first-order chi connectivity index (χ1) is 10.2. The summed E-state index contributed by atoms with van der Waals surface area (Å²) in [6.45, 7) is 2.33. The number of methoxy groups -OCH3 is 1. The van der Waals surface area contributed by atoms with E-state index in [-0.39, 0.29) is 12.4 Å². The van der Waals surface area contributed by atoms with Gasteiger partial charge in [-0.1, -0.05) is 12.1 Å². The number of halogens is 1. The molecule has 1 aromatic heterocycles. The summed E-state index contributed by atoms with van der Waals surface area (Å²) in [6.07, 6.45) is 3.43. The molecule has 0 amide bonds. The third-order valence-electron chi connectivity index (χ3n) is 4.12. The molecule has 1 fully saturated rings. The number of ether oxygens (including phenoxy) is 1. The number of aliphatic hydroxyl groups is 1. The second kappa shape index (κ2) is 7.18. The molecular weight excluding hydrogens is 302 g/mol. The zero-order valence-electron chi connectivity index (χ0n) is 12.7. The normalized spacial score (nSPS) is 22.1. The highest BCUT2D eigenvalue weighted by Gasteiger charge is 2.35. The number of hydrogen-bond acceptors (Lipinski definition) is 4. The maximum absolute atomic E-state index is 11.0. The van der Waals surface area contributed by atoms with Gasteiger partial charge in [0.1, 0.15) is 17.1 Å². The number of hydrogen-bond donors (Lipinski definition) is 1. The molecule has 3 rings (SSSR count). The Bertz CT molecular complexity index is 587. The zero-order chi connectivity index (χ0) is 14.7. The Labute approximate surface area is 137 Å². The van der Waals surface area contributed by atoms with Crippen LogP contribution in [0, 0.1) is 0 Å². The van der Waals surface area contributed by atoms with Gasteiger partial charge in [0, 0.05) is 6.54 Å². The van der Waals surface area contributed by atoms with Crippen LogP contribution in [0.5, 0.6) is 5.75 Å². The average Bonchev–Trinajstić information content (AvgIpc) is 3.00. The number of piperidine rings is 1. The lowest BCUT2D eigenvalue weighted by Gasteiger charge is -2.39. The number of benzene rings is 1. The minimum atomic E-state index is -0.820. The Morgan fingerprint density at radius 3 is 2.91 bits per heavy atom. The molecule has 0 aliphatic carbocycles. The van der Waals surface area contributed by atoms with Gasteiger partial charge in [-0.05, 0) is 49.2 Å². The van der Waals surface area contributed by atoms with E-state index in [2.05, 4.69) is 4.90 Å². The lowest BCUT2D eigenvalue weighted by molar-refractivity contribution is -0.0397. The van der Waals surface area contributed by atoms with Crippen molar-refractivity contribution < 1.29 is 14.3 Å². The predicted octanol–water partition coefficient (Wildman–Crippen LogP) is 3.19. The number of nitrogens with zero attached hydrogens (tertiary/aromatic N) is 1. The van der Waals surface area contributed by atoms with Crippen LogP contribution in [0.25, 0.3) is 0 Å². The highest BCUT2D eigenvalue weighted by atomic mass is 35.5. The van der Waals surface area contributed by atoms with Crippen LogP contribution < -0.4 is 4.74 Å². The number of furan rings is 1. The lowest BCUT2D eigenvalue weighted by atomic mass is 9.85. The van der Waals surface area contributed by atoms with Gasteiger partial charge in [-0.25, -0.2) is 0 Å². The van der Waals surface area contributed by atoms with Crippen molar-refractivity contribution in [2.75, 3.05) is 20.2 Å².